The van der Waals surface area contributed by atoms with Crippen molar-refractivity contribution in [1.29, 1.82) is 0 Å². The van der Waals surface area contributed by atoms with Gasteiger partial charge in [0.25, 0.3) is 0 Å². The summed E-state index contributed by atoms with van der Waals surface area (Å²) in [6.45, 7) is 1.91. The molecule has 1 nitrogen and oxygen atoms in total. The van der Waals surface area contributed by atoms with Gasteiger partial charge in [-0.1, -0.05) is 42.5 Å². The van der Waals surface area contributed by atoms with Gasteiger partial charge in [0.2, 0.25) is 0 Å². The normalized spacial score (nSPS) is 10.5. The molecule has 94 valence electrons. The molecule has 2 aromatic carbocycles. The van der Waals surface area contributed by atoms with Crippen molar-refractivity contribution >= 4 is 0 Å². The molecule has 0 aliphatic heterocycles. The van der Waals surface area contributed by atoms with E-state index in [1.54, 1.807) is 0 Å². The Balaban J connectivity index is 1.63. The zero-order valence-electron chi connectivity index (χ0n) is 10.4. The first kappa shape index (κ1) is 12.8. The predicted molar refractivity (Wildman–Crippen MR) is 73.1 cm³/mol. The Labute approximate surface area is 108 Å². The first-order valence-electron chi connectivity index (χ1n) is 6.34. The highest BCUT2D eigenvalue weighted by Crippen LogP contribution is 2.03. The molecule has 0 spiro atoms. The maximum atomic E-state index is 12.7. The quantitative estimate of drug-likeness (QED) is 0.768. The molecule has 0 heterocycles. The van der Waals surface area contributed by atoms with Crippen molar-refractivity contribution in [3.63, 3.8) is 0 Å². The van der Waals surface area contributed by atoms with Crippen LogP contribution in [0.1, 0.15) is 11.1 Å². The van der Waals surface area contributed by atoms with Gasteiger partial charge >= 0.3 is 0 Å². The van der Waals surface area contributed by atoms with E-state index in [4.69, 9.17) is 0 Å². The number of nitrogens with one attached hydrogen (secondary N) is 1. The molecule has 1 N–H and O–H groups in total. The lowest BCUT2D eigenvalue weighted by Crippen LogP contribution is -2.20. The van der Waals surface area contributed by atoms with Gasteiger partial charge in [-0.2, -0.15) is 0 Å². The van der Waals surface area contributed by atoms with E-state index in [1.807, 2.05) is 18.2 Å². The molecular weight excluding hydrogens is 225 g/mol. The lowest BCUT2D eigenvalue weighted by atomic mass is 10.1. The molecule has 18 heavy (non-hydrogen) atoms. The molecule has 0 fully saturated rings. The molecule has 0 aliphatic carbocycles. The van der Waals surface area contributed by atoms with Gasteiger partial charge < -0.3 is 5.32 Å². The molecule has 0 unspecified atom stereocenters. The van der Waals surface area contributed by atoms with Gasteiger partial charge in [-0.25, -0.2) is 4.39 Å². The van der Waals surface area contributed by atoms with Crippen molar-refractivity contribution < 1.29 is 4.39 Å². The lowest BCUT2D eigenvalue weighted by Gasteiger charge is -2.05. The highest BCUT2D eigenvalue weighted by molar-refractivity contribution is 5.16. The van der Waals surface area contributed by atoms with E-state index in [-0.39, 0.29) is 5.82 Å². The number of halogens is 1. The van der Waals surface area contributed by atoms with Crippen LogP contribution < -0.4 is 5.32 Å². The van der Waals surface area contributed by atoms with Gasteiger partial charge in [0.15, 0.2) is 0 Å². The summed E-state index contributed by atoms with van der Waals surface area (Å²) >= 11 is 0. The summed E-state index contributed by atoms with van der Waals surface area (Å²) in [4.78, 5) is 0. The van der Waals surface area contributed by atoms with Gasteiger partial charge in [-0.3, -0.25) is 0 Å². The zero-order valence-corrected chi connectivity index (χ0v) is 10.4. The van der Waals surface area contributed by atoms with E-state index in [9.17, 15) is 4.39 Å². The van der Waals surface area contributed by atoms with Crippen molar-refractivity contribution in [3.8, 4) is 0 Å². The second kappa shape index (κ2) is 6.92. The van der Waals surface area contributed by atoms with Crippen LogP contribution >= 0.6 is 0 Å². The third-order valence-corrected chi connectivity index (χ3v) is 2.94. The van der Waals surface area contributed by atoms with Crippen LogP contribution in [-0.4, -0.2) is 13.1 Å². The third kappa shape index (κ3) is 4.30. The summed E-state index contributed by atoms with van der Waals surface area (Å²) in [5, 5.41) is 3.40. The maximum absolute atomic E-state index is 12.7. The predicted octanol–water partition coefficient (Wildman–Crippen LogP) is 3.20. The standard InChI is InChI=1S/C16H18FN/c17-16-8-6-15(7-9-16)11-13-18-12-10-14-4-2-1-3-5-14/h1-9,18H,10-13H2. The third-order valence-electron chi connectivity index (χ3n) is 2.94. The molecule has 2 aromatic rings. The SMILES string of the molecule is Fc1ccc(CCNCCc2ccccc2)cc1. The minimum Gasteiger partial charge on any atom is -0.316 e. The summed E-state index contributed by atoms with van der Waals surface area (Å²) in [6.07, 6.45) is 1.99. The van der Waals surface area contributed by atoms with Crippen molar-refractivity contribution in [2.45, 2.75) is 12.8 Å². The van der Waals surface area contributed by atoms with Crippen LogP contribution in [0.15, 0.2) is 54.6 Å². The molecular formula is C16H18FN. The fraction of sp³-hybridized carbons (Fsp3) is 0.250. The van der Waals surface area contributed by atoms with Crippen LogP contribution in [0.4, 0.5) is 4.39 Å². The van der Waals surface area contributed by atoms with Crippen LogP contribution in [0.5, 0.6) is 0 Å². The monoisotopic (exact) mass is 243 g/mol. The van der Waals surface area contributed by atoms with E-state index in [1.165, 1.54) is 23.3 Å². The average Bonchev–Trinajstić information content (AvgIpc) is 2.42. The van der Waals surface area contributed by atoms with Crippen LogP contribution in [0, 0.1) is 5.82 Å². The van der Waals surface area contributed by atoms with E-state index >= 15 is 0 Å². The summed E-state index contributed by atoms with van der Waals surface area (Å²) in [7, 11) is 0. The van der Waals surface area contributed by atoms with E-state index in [0.717, 1.165) is 25.9 Å². The molecule has 0 saturated heterocycles. The Morgan fingerprint density at radius 1 is 0.722 bits per heavy atom. The van der Waals surface area contributed by atoms with E-state index < -0.39 is 0 Å². The Kier molecular flexibility index (Phi) is 4.91. The molecule has 2 rings (SSSR count). The molecule has 0 amide bonds. The van der Waals surface area contributed by atoms with Gasteiger partial charge in [0.05, 0.1) is 0 Å². The van der Waals surface area contributed by atoms with E-state index in [2.05, 4.69) is 29.6 Å². The van der Waals surface area contributed by atoms with Gasteiger partial charge in [0, 0.05) is 0 Å². The molecule has 0 saturated carbocycles. The van der Waals surface area contributed by atoms with Crippen LogP contribution in [0.3, 0.4) is 0 Å². The van der Waals surface area contributed by atoms with Crippen LogP contribution in [0.25, 0.3) is 0 Å². The summed E-state index contributed by atoms with van der Waals surface area (Å²) < 4.78 is 12.7. The molecule has 0 aromatic heterocycles. The number of hydrogen-bond acceptors (Lipinski definition) is 1. The first-order valence-corrected chi connectivity index (χ1v) is 6.34. The first-order chi connectivity index (χ1) is 8.84. The fourth-order valence-electron chi connectivity index (χ4n) is 1.89. The molecule has 0 aliphatic rings. The minimum atomic E-state index is -0.171. The highest BCUT2D eigenvalue weighted by atomic mass is 19.1. The van der Waals surface area contributed by atoms with Crippen molar-refractivity contribution in [2.75, 3.05) is 13.1 Å². The van der Waals surface area contributed by atoms with Crippen molar-refractivity contribution in [1.82, 2.24) is 5.32 Å². The topological polar surface area (TPSA) is 12.0 Å². The minimum absolute atomic E-state index is 0.171. The highest BCUT2D eigenvalue weighted by Gasteiger charge is 1.95. The molecule has 0 atom stereocenters. The second-order valence-electron chi connectivity index (χ2n) is 4.36. The largest absolute Gasteiger partial charge is 0.316 e. The van der Waals surface area contributed by atoms with Gasteiger partial charge in [0.1, 0.15) is 5.82 Å². The molecule has 0 radical (unpaired) electrons. The number of benzene rings is 2. The second-order valence-corrected chi connectivity index (χ2v) is 4.36. The molecule has 2 heteroatoms. The van der Waals surface area contributed by atoms with Crippen molar-refractivity contribution in [2.24, 2.45) is 0 Å². The summed E-state index contributed by atoms with van der Waals surface area (Å²) in [6, 6.07) is 17.2. The Bertz CT molecular complexity index is 450. The summed E-state index contributed by atoms with van der Waals surface area (Å²) in [5.41, 5.74) is 2.52. The smallest absolute Gasteiger partial charge is 0.123 e. The molecule has 0 bridgehead atoms. The van der Waals surface area contributed by atoms with E-state index in [0.29, 0.717) is 0 Å². The lowest BCUT2D eigenvalue weighted by molar-refractivity contribution is 0.626. The average molecular weight is 243 g/mol. The fourth-order valence-corrected chi connectivity index (χ4v) is 1.89. The van der Waals surface area contributed by atoms with Gasteiger partial charge in [-0.15, -0.1) is 0 Å². The Morgan fingerprint density at radius 3 is 1.89 bits per heavy atom. The van der Waals surface area contributed by atoms with Crippen molar-refractivity contribution in [3.05, 3.63) is 71.5 Å². The van der Waals surface area contributed by atoms with Gasteiger partial charge in [-0.05, 0) is 49.2 Å². The van der Waals surface area contributed by atoms with Crippen LogP contribution in [-0.2, 0) is 12.8 Å². The number of hydrogen-bond donors (Lipinski definition) is 1. The Hall–Kier alpha value is -1.67. The Morgan fingerprint density at radius 2 is 1.28 bits per heavy atom. The summed E-state index contributed by atoms with van der Waals surface area (Å²) in [5.74, 6) is -0.171. The number of rotatable bonds is 6. The maximum Gasteiger partial charge on any atom is 0.123 e. The zero-order chi connectivity index (χ0) is 12.6. The van der Waals surface area contributed by atoms with Crippen LogP contribution in [0.2, 0.25) is 0 Å².